The maximum atomic E-state index is 11.9. The first-order valence-electron chi connectivity index (χ1n) is 3.56. The van der Waals surface area contributed by atoms with Gasteiger partial charge in [0.05, 0.1) is 10.7 Å². The Morgan fingerprint density at radius 2 is 2.00 bits per heavy atom. The minimum absolute atomic E-state index is 0.239. The van der Waals surface area contributed by atoms with Crippen molar-refractivity contribution < 1.29 is 22.6 Å². The monoisotopic (exact) mass is 335 g/mol. The zero-order chi connectivity index (χ0) is 11.6. The number of ether oxygens (including phenoxy) is 2. The van der Waals surface area contributed by atoms with Gasteiger partial charge in [-0.05, 0) is 22.6 Å². The molecule has 1 heterocycles. The summed E-state index contributed by atoms with van der Waals surface area (Å²) >= 11 is 1.71. The lowest BCUT2D eigenvalue weighted by Gasteiger charge is -2.11. The highest BCUT2D eigenvalue weighted by molar-refractivity contribution is 14.1. The Bertz CT molecular complexity index is 415. The molecule has 0 bridgehead atoms. The number of nitrogens with one attached hydrogen (secondary N) is 1. The molecular formula is C7H5F3INO3. The average Bonchev–Trinajstić information content (AvgIpc) is 2.10. The molecule has 0 spiro atoms. The third-order valence-electron chi connectivity index (χ3n) is 1.38. The Labute approximate surface area is 95.5 Å². The highest BCUT2D eigenvalue weighted by Crippen LogP contribution is 2.31. The molecule has 0 aromatic carbocycles. The molecule has 0 fully saturated rings. The van der Waals surface area contributed by atoms with E-state index in [1.807, 2.05) is 0 Å². The molecule has 1 rings (SSSR count). The van der Waals surface area contributed by atoms with Gasteiger partial charge >= 0.3 is 6.36 Å². The maximum Gasteiger partial charge on any atom is 0.573 e. The number of methoxy groups -OCH3 is 1. The third-order valence-corrected chi connectivity index (χ3v) is 2.18. The van der Waals surface area contributed by atoms with Crippen molar-refractivity contribution in [1.82, 2.24) is 4.98 Å². The minimum Gasteiger partial charge on any atom is -0.492 e. The van der Waals surface area contributed by atoms with Crippen LogP contribution >= 0.6 is 22.6 Å². The van der Waals surface area contributed by atoms with E-state index in [1.165, 1.54) is 6.20 Å². The molecule has 0 unspecified atom stereocenters. The molecule has 1 N–H and O–H groups in total. The highest BCUT2D eigenvalue weighted by Gasteiger charge is 2.34. The van der Waals surface area contributed by atoms with E-state index in [2.05, 4.69) is 14.5 Å². The predicted octanol–water partition coefficient (Wildman–Crippen LogP) is 1.89. The van der Waals surface area contributed by atoms with Crippen molar-refractivity contribution in [3.8, 4) is 11.5 Å². The molecule has 15 heavy (non-hydrogen) atoms. The summed E-state index contributed by atoms with van der Waals surface area (Å²) in [7, 11) is 1.15. The molecule has 4 nitrogen and oxygen atoms in total. The van der Waals surface area contributed by atoms with Gasteiger partial charge in [0.25, 0.3) is 5.56 Å². The highest BCUT2D eigenvalue weighted by atomic mass is 127. The van der Waals surface area contributed by atoms with E-state index in [1.54, 1.807) is 22.6 Å². The SMILES string of the molecule is COc1c(I)c[nH]c(=O)c1OC(F)(F)F. The second kappa shape index (κ2) is 4.29. The molecular weight excluding hydrogens is 330 g/mol. The normalized spacial score (nSPS) is 11.3. The fourth-order valence-electron chi connectivity index (χ4n) is 0.870. The van der Waals surface area contributed by atoms with E-state index in [4.69, 9.17) is 0 Å². The van der Waals surface area contributed by atoms with Crippen molar-refractivity contribution in [3.05, 3.63) is 20.1 Å². The first-order valence-corrected chi connectivity index (χ1v) is 4.64. The van der Waals surface area contributed by atoms with Crippen LogP contribution in [0.4, 0.5) is 13.2 Å². The van der Waals surface area contributed by atoms with Crippen LogP contribution < -0.4 is 15.0 Å². The van der Waals surface area contributed by atoms with Crippen LogP contribution in [0.2, 0.25) is 0 Å². The molecule has 0 radical (unpaired) electrons. The second-order valence-corrected chi connectivity index (χ2v) is 3.54. The summed E-state index contributed by atoms with van der Waals surface area (Å²) < 4.78 is 44.3. The van der Waals surface area contributed by atoms with Crippen molar-refractivity contribution in [1.29, 1.82) is 0 Å². The lowest BCUT2D eigenvalue weighted by molar-refractivity contribution is -0.275. The number of hydrogen-bond acceptors (Lipinski definition) is 3. The number of halogens is 4. The Morgan fingerprint density at radius 1 is 1.40 bits per heavy atom. The molecule has 0 aliphatic carbocycles. The van der Waals surface area contributed by atoms with Crippen molar-refractivity contribution in [2.75, 3.05) is 7.11 Å². The van der Waals surface area contributed by atoms with Crippen molar-refractivity contribution in [2.45, 2.75) is 6.36 Å². The molecule has 0 aliphatic rings. The van der Waals surface area contributed by atoms with Gasteiger partial charge in [0.2, 0.25) is 5.75 Å². The summed E-state index contributed by atoms with van der Waals surface area (Å²) in [6, 6.07) is 0. The fraction of sp³-hybridized carbons (Fsp3) is 0.286. The Balaban J connectivity index is 3.26. The van der Waals surface area contributed by atoms with Gasteiger partial charge in [-0.3, -0.25) is 4.79 Å². The molecule has 0 saturated carbocycles. The smallest absolute Gasteiger partial charge is 0.492 e. The van der Waals surface area contributed by atoms with Crippen molar-refractivity contribution in [3.63, 3.8) is 0 Å². The standard InChI is InChI=1S/C7H5F3INO3/c1-14-4-3(11)2-12-6(13)5(4)15-7(8,9)10/h2H,1H3,(H,12,13). The molecule has 8 heteroatoms. The number of alkyl halides is 3. The Kier molecular flexibility index (Phi) is 3.47. The van der Waals surface area contributed by atoms with Gasteiger partial charge in [-0.25, -0.2) is 0 Å². The summed E-state index contributed by atoms with van der Waals surface area (Å²) in [6.07, 6.45) is -3.70. The van der Waals surface area contributed by atoms with Crippen LogP contribution in [0.15, 0.2) is 11.0 Å². The number of hydrogen-bond donors (Lipinski definition) is 1. The van der Waals surface area contributed by atoms with E-state index >= 15 is 0 Å². The molecule has 0 aliphatic heterocycles. The molecule has 0 saturated heterocycles. The summed E-state index contributed by atoms with van der Waals surface area (Å²) in [5, 5.41) is 0. The zero-order valence-corrected chi connectivity index (χ0v) is 9.47. The first kappa shape index (κ1) is 12.1. The topological polar surface area (TPSA) is 51.3 Å². The van der Waals surface area contributed by atoms with Gasteiger partial charge in [-0.1, -0.05) is 0 Å². The molecule has 0 atom stereocenters. The number of pyridine rings is 1. The van der Waals surface area contributed by atoms with Crippen LogP contribution in [0, 0.1) is 3.57 Å². The van der Waals surface area contributed by atoms with Gasteiger partial charge in [0.1, 0.15) is 0 Å². The molecule has 1 aromatic rings. The van der Waals surface area contributed by atoms with Crippen molar-refractivity contribution in [2.24, 2.45) is 0 Å². The van der Waals surface area contributed by atoms with Gasteiger partial charge < -0.3 is 14.5 Å². The summed E-state index contributed by atoms with van der Waals surface area (Å²) in [5.41, 5.74) is -0.996. The predicted molar refractivity (Wildman–Crippen MR) is 53.0 cm³/mol. The third kappa shape index (κ3) is 3.01. The number of aromatic nitrogens is 1. The molecule has 84 valence electrons. The maximum absolute atomic E-state index is 11.9. The Hall–Kier alpha value is -0.930. The van der Waals surface area contributed by atoms with Crippen LogP contribution in [0.25, 0.3) is 0 Å². The van der Waals surface area contributed by atoms with E-state index in [9.17, 15) is 18.0 Å². The average molecular weight is 335 g/mol. The molecule has 1 aromatic heterocycles. The minimum atomic E-state index is -4.93. The zero-order valence-electron chi connectivity index (χ0n) is 7.31. The lowest BCUT2D eigenvalue weighted by Crippen LogP contribution is -2.23. The fourth-order valence-corrected chi connectivity index (χ4v) is 1.49. The van der Waals surface area contributed by atoms with Crippen LogP contribution in [0.3, 0.4) is 0 Å². The first-order chi connectivity index (χ1) is 6.85. The number of rotatable bonds is 2. The number of aromatic amines is 1. The van der Waals surface area contributed by atoms with Gasteiger partial charge in [-0.2, -0.15) is 0 Å². The van der Waals surface area contributed by atoms with Crippen LogP contribution in [-0.2, 0) is 0 Å². The summed E-state index contributed by atoms with van der Waals surface area (Å²) in [6.45, 7) is 0. The van der Waals surface area contributed by atoms with Gasteiger partial charge in [0, 0.05) is 6.20 Å². The van der Waals surface area contributed by atoms with Crippen LogP contribution in [-0.4, -0.2) is 18.5 Å². The largest absolute Gasteiger partial charge is 0.573 e. The van der Waals surface area contributed by atoms with E-state index in [0.29, 0.717) is 3.57 Å². The summed E-state index contributed by atoms with van der Waals surface area (Å²) in [5.74, 6) is -1.13. The lowest BCUT2D eigenvalue weighted by atomic mass is 10.4. The van der Waals surface area contributed by atoms with E-state index in [-0.39, 0.29) is 5.75 Å². The van der Waals surface area contributed by atoms with E-state index < -0.39 is 17.7 Å². The van der Waals surface area contributed by atoms with Gasteiger partial charge in [-0.15, -0.1) is 13.2 Å². The van der Waals surface area contributed by atoms with E-state index in [0.717, 1.165) is 7.11 Å². The van der Waals surface area contributed by atoms with Crippen molar-refractivity contribution >= 4 is 22.6 Å². The van der Waals surface area contributed by atoms with Crippen LogP contribution in [0.1, 0.15) is 0 Å². The quantitative estimate of drug-likeness (QED) is 0.840. The second-order valence-electron chi connectivity index (χ2n) is 2.38. The number of H-pyrrole nitrogens is 1. The summed E-state index contributed by atoms with van der Waals surface area (Å²) in [4.78, 5) is 13.2. The Morgan fingerprint density at radius 3 is 2.47 bits per heavy atom. The van der Waals surface area contributed by atoms with Crippen LogP contribution in [0.5, 0.6) is 11.5 Å². The van der Waals surface area contributed by atoms with Gasteiger partial charge in [0.15, 0.2) is 5.75 Å². The molecule has 0 amide bonds.